The maximum absolute atomic E-state index is 13.2. The standard InChI is InChI=1S/C28H28N2O3/c1-33-25-17-19(13-14-24(25)31)26-21-10-5-9-20(21)22-11-6-12-23(27(22)30-26)28(32)29-16-15-18-7-3-2-4-8-18/h2-9,11-14,17,20-21,26,30-31H,10,15-16H2,1H3,(H,29,32). The van der Waals surface area contributed by atoms with Crippen molar-refractivity contribution in [2.45, 2.75) is 24.8 Å². The van der Waals surface area contributed by atoms with E-state index in [1.165, 1.54) is 5.56 Å². The van der Waals surface area contributed by atoms with Crippen LogP contribution in [0.15, 0.2) is 78.9 Å². The normalized spacial score (nSPS) is 20.5. The minimum Gasteiger partial charge on any atom is -0.504 e. The van der Waals surface area contributed by atoms with Crippen LogP contribution in [-0.2, 0) is 6.42 Å². The molecule has 0 saturated carbocycles. The third-order valence-electron chi connectivity index (χ3n) is 6.75. The van der Waals surface area contributed by atoms with Crippen molar-refractivity contribution >= 4 is 11.6 Å². The van der Waals surface area contributed by atoms with E-state index in [0.29, 0.717) is 23.8 Å². The summed E-state index contributed by atoms with van der Waals surface area (Å²) in [7, 11) is 1.56. The van der Waals surface area contributed by atoms with Crippen molar-refractivity contribution < 1.29 is 14.6 Å². The Morgan fingerprint density at radius 1 is 1.12 bits per heavy atom. The van der Waals surface area contributed by atoms with Crippen LogP contribution in [0.25, 0.3) is 0 Å². The minimum atomic E-state index is -0.0715. The largest absolute Gasteiger partial charge is 0.504 e. The Bertz CT molecular complexity index is 1190. The molecule has 1 aliphatic heterocycles. The number of phenolic OH excluding ortho intramolecular Hbond substituents is 1. The Kier molecular flexibility index (Phi) is 5.78. The number of carbonyl (C=O) groups is 1. The lowest BCUT2D eigenvalue weighted by Crippen LogP contribution is -2.32. The van der Waals surface area contributed by atoms with Crippen LogP contribution in [0.3, 0.4) is 0 Å². The second-order valence-electron chi connectivity index (χ2n) is 8.67. The van der Waals surface area contributed by atoms with Gasteiger partial charge in [-0.15, -0.1) is 0 Å². The third kappa shape index (κ3) is 4.07. The second kappa shape index (κ2) is 9.02. The first kappa shape index (κ1) is 21.1. The van der Waals surface area contributed by atoms with Crippen LogP contribution in [0.4, 0.5) is 5.69 Å². The fourth-order valence-electron chi connectivity index (χ4n) is 5.09. The highest BCUT2D eigenvalue weighted by Crippen LogP contribution is 2.51. The molecule has 1 heterocycles. The zero-order valence-electron chi connectivity index (χ0n) is 18.6. The second-order valence-corrected chi connectivity index (χ2v) is 8.67. The fraction of sp³-hybridized carbons (Fsp3) is 0.250. The summed E-state index contributed by atoms with van der Waals surface area (Å²) in [6.45, 7) is 0.580. The van der Waals surface area contributed by atoms with Crippen LogP contribution < -0.4 is 15.4 Å². The Balaban J connectivity index is 1.42. The first-order valence-electron chi connectivity index (χ1n) is 11.4. The van der Waals surface area contributed by atoms with Crippen molar-refractivity contribution in [1.29, 1.82) is 0 Å². The van der Waals surface area contributed by atoms with Gasteiger partial charge in [-0.05, 0) is 53.6 Å². The van der Waals surface area contributed by atoms with E-state index in [2.05, 4.69) is 41.0 Å². The van der Waals surface area contributed by atoms with Gasteiger partial charge in [0.25, 0.3) is 5.91 Å². The van der Waals surface area contributed by atoms with E-state index >= 15 is 0 Å². The number of phenols is 1. The molecule has 1 amide bonds. The van der Waals surface area contributed by atoms with Crippen LogP contribution in [0, 0.1) is 5.92 Å². The topological polar surface area (TPSA) is 70.6 Å². The predicted octanol–water partition coefficient (Wildman–Crippen LogP) is 5.20. The molecule has 3 aromatic rings. The predicted molar refractivity (Wildman–Crippen MR) is 130 cm³/mol. The fourth-order valence-corrected chi connectivity index (χ4v) is 5.09. The van der Waals surface area contributed by atoms with Gasteiger partial charge < -0.3 is 20.5 Å². The van der Waals surface area contributed by atoms with E-state index in [0.717, 1.165) is 29.7 Å². The van der Waals surface area contributed by atoms with Gasteiger partial charge in [-0.25, -0.2) is 0 Å². The van der Waals surface area contributed by atoms with Gasteiger partial charge in [0.1, 0.15) is 0 Å². The summed E-state index contributed by atoms with van der Waals surface area (Å²) in [4.78, 5) is 13.2. The molecule has 0 fully saturated rings. The number of para-hydroxylation sites is 1. The average molecular weight is 441 g/mol. The van der Waals surface area contributed by atoms with Gasteiger partial charge >= 0.3 is 0 Å². The van der Waals surface area contributed by atoms with Crippen molar-refractivity contribution in [2.24, 2.45) is 5.92 Å². The van der Waals surface area contributed by atoms with E-state index < -0.39 is 0 Å². The number of fused-ring (bicyclic) bond motifs is 3. The highest BCUT2D eigenvalue weighted by atomic mass is 16.5. The first-order valence-corrected chi connectivity index (χ1v) is 11.4. The van der Waals surface area contributed by atoms with Gasteiger partial charge in [0.15, 0.2) is 11.5 Å². The smallest absolute Gasteiger partial charge is 0.253 e. The quantitative estimate of drug-likeness (QED) is 0.461. The zero-order chi connectivity index (χ0) is 22.8. The molecule has 5 heteroatoms. The lowest BCUT2D eigenvalue weighted by molar-refractivity contribution is 0.0954. The first-order chi connectivity index (χ1) is 16.2. The number of hydrogen-bond acceptors (Lipinski definition) is 4. The lowest BCUT2D eigenvalue weighted by Gasteiger charge is -2.38. The molecule has 0 saturated heterocycles. The number of allylic oxidation sites excluding steroid dienone is 2. The molecule has 168 valence electrons. The molecular weight excluding hydrogens is 412 g/mol. The number of ether oxygens (including phenoxy) is 1. The number of methoxy groups -OCH3 is 1. The van der Waals surface area contributed by atoms with Gasteiger partial charge in [-0.1, -0.05) is 60.7 Å². The number of benzene rings is 3. The van der Waals surface area contributed by atoms with Gasteiger partial charge in [0.05, 0.1) is 24.4 Å². The van der Waals surface area contributed by atoms with E-state index in [4.69, 9.17) is 4.74 Å². The van der Waals surface area contributed by atoms with Crippen molar-refractivity contribution in [3.63, 3.8) is 0 Å². The van der Waals surface area contributed by atoms with Gasteiger partial charge in [0, 0.05) is 12.5 Å². The Labute approximate surface area is 194 Å². The van der Waals surface area contributed by atoms with E-state index in [1.54, 1.807) is 13.2 Å². The molecule has 0 spiro atoms. The summed E-state index contributed by atoms with van der Waals surface area (Å²) >= 11 is 0. The summed E-state index contributed by atoms with van der Waals surface area (Å²) in [5, 5.41) is 16.8. The van der Waals surface area contributed by atoms with Crippen LogP contribution in [0.2, 0.25) is 0 Å². The van der Waals surface area contributed by atoms with E-state index in [-0.39, 0.29) is 23.6 Å². The van der Waals surface area contributed by atoms with Crippen molar-refractivity contribution in [2.75, 3.05) is 19.0 Å². The molecule has 5 rings (SSSR count). The molecule has 3 unspecified atom stereocenters. The van der Waals surface area contributed by atoms with Gasteiger partial charge in [-0.3, -0.25) is 4.79 Å². The van der Waals surface area contributed by atoms with E-state index in [9.17, 15) is 9.90 Å². The van der Waals surface area contributed by atoms with Crippen LogP contribution in [0.1, 0.15) is 45.4 Å². The monoisotopic (exact) mass is 440 g/mol. The minimum absolute atomic E-state index is 0.00488. The van der Waals surface area contributed by atoms with Gasteiger partial charge in [-0.2, -0.15) is 0 Å². The molecule has 1 aliphatic carbocycles. The summed E-state index contributed by atoms with van der Waals surface area (Å²) < 4.78 is 5.34. The number of hydrogen-bond donors (Lipinski definition) is 3. The Hall–Kier alpha value is -3.73. The summed E-state index contributed by atoms with van der Waals surface area (Å²) in [6.07, 6.45) is 6.23. The highest BCUT2D eigenvalue weighted by Gasteiger charge is 2.39. The average Bonchev–Trinajstić information content (AvgIpc) is 3.34. The van der Waals surface area contributed by atoms with Crippen LogP contribution in [0.5, 0.6) is 11.5 Å². The molecule has 3 aromatic carbocycles. The number of nitrogens with one attached hydrogen (secondary N) is 2. The number of carbonyl (C=O) groups excluding carboxylic acids is 1. The number of anilines is 1. The molecule has 0 aromatic heterocycles. The number of rotatable bonds is 6. The Morgan fingerprint density at radius 3 is 2.79 bits per heavy atom. The molecular formula is C28H28N2O3. The molecule has 0 radical (unpaired) electrons. The molecule has 3 atom stereocenters. The van der Waals surface area contributed by atoms with Crippen molar-refractivity contribution in [1.82, 2.24) is 5.32 Å². The van der Waals surface area contributed by atoms with E-state index in [1.807, 2.05) is 42.5 Å². The van der Waals surface area contributed by atoms with Crippen LogP contribution >= 0.6 is 0 Å². The lowest BCUT2D eigenvalue weighted by atomic mass is 9.76. The SMILES string of the molecule is COc1cc(C2Nc3c(C(=O)NCCc4ccccc4)cccc3C3C=CCC32)ccc1O. The number of amides is 1. The van der Waals surface area contributed by atoms with Gasteiger partial charge in [0.2, 0.25) is 0 Å². The summed E-state index contributed by atoms with van der Waals surface area (Å²) in [6, 6.07) is 21.6. The highest BCUT2D eigenvalue weighted by molar-refractivity contribution is 6.00. The summed E-state index contributed by atoms with van der Waals surface area (Å²) in [5.41, 5.74) is 4.95. The van der Waals surface area contributed by atoms with Crippen LogP contribution in [-0.4, -0.2) is 24.7 Å². The van der Waals surface area contributed by atoms with Crippen molar-refractivity contribution in [3.8, 4) is 11.5 Å². The molecule has 2 aliphatic rings. The maximum atomic E-state index is 13.2. The number of aromatic hydroxyl groups is 1. The zero-order valence-corrected chi connectivity index (χ0v) is 18.6. The molecule has 3 N–H and O–H groups in total. The molecule has 33 heavy (non-hydrogen) atoms. The summed E-state index contributed by atoms with van der Waals surface area (Å²) in [5.74, 6) is 1.08. The molecule has 0 bridgehead atoms. The molecule has 5 nitrogen and oxygen atoms in total. The van der Waals surface area contributed by atoms with Crippen molar-refractivity contribution in [3.05, 3.63) is 101 Å². The maximum Gasteiger partial charge on any atom is 0.253 e. The third-order valence-corrected chi connectivity index (χ3v) is 6.75. The Morgan fingerprint density at radius 2 is 1.97 bits per heavy atom.